The van der Waals surface area contributed by atoms with E-state index in [1.807, 2.05) is 41.3 Å². The molecule has 0 unspecified atom stereocenters. The Bertz CT molecular complexity index is 1030. The number of benzene rings is 2. The summed E-state index contributed by atoms with van der Waals surface area (Å²) in [4.78, 5) is 14.7. The number of rotatable bonds is 5. The van der Waals surface area contributed by atoms with Gasteiger partial charge in [-0.1, -0.05) is 56.8 Å². The lowest BCUT2D eigenvalue weighted by atomic mass is 9.87. The largest absolute Gasteiger partial charge is 0.411 e. The highest BCUT2D eigenvalue weighted by Crippen LogP contribution is 2.28. The van der Waals surface area contributed by atoms with E-state index in [-0.39, 0.29) is 11.3 Å². The number of hydrogen-bond donors (Lipinski definition) is 0. The van der Waals surface area contributed by atoms with Gasteiger partial charge < -0.3 is 9.32 Å². The third kappa shape index (κ3) is 5.37. The number of carbonyl (C=O) groups is 1. The molecule has 1 fully saturated rings. The van der Waals surface area contributed by atoms with Crippen LogP contribution in [0.2, 0.25) is 0 Å². The first-order valence-electron chi connectivity index (χ1n) is 10.9. The zero-order chi connectivity index (χ0) is 21.8. The number of amides is 1. The number of hydrogen-bond acceptors (Lipinski definition) is 5. The summed E-state index contributed by atoms with van der Waals surface area (Å²) in [6.07, 6.45) is 3.41. The van der Waals surface area contributed by atoms with Gasteiger partial charge in [-0.25, -0.2) is 0 Å². The highest BCUT2D eigenvalue weighted by Gasteiger charge is 2.19. The molecule has 2 aromatic carbocycles. The second kappa shape index (κ2) is 9.27. The molecular formula is C25H29N3O2S. The van der Waals surface area contributed by atoms with E-state index in [1.165, 1.54) is 23.7 Å². The molecular weight excluding hydrogens is 406 g/mol. The van der Waals surface area contributed by atoms with Crippen LogP contribution < -0.4 is 0 Å². The van der Waals surface area contributed by atoms with Gasteiger partial charge in [0.15, 0.2) is 0 Å². The summed E-state index contributed by atoms with van der Waals surface area (Å²) in [6, 6.07) is 16.1. The Labute approximate surface area is 188 Å². The van der Waals surface area contributed by atoms with Gasteiger partial charge in [-0.05, 0) is 60.1 Å². The van der Waals surface area contributed by atoms with Crippen molar-refractivity contribution in [2.75, 3.05) is 13.1 Å². The first-order chi connectivity index (χ1) is 14.9. The number of aromatic nitrogens is 2. The van der Waals surface area contributed by atoms with Crippen molar-refractivity contribution >= 4 is 17.7 Å². The zero-order valence-corrected chi connectivity index (χ0v) is 19.2. The van der Waals surface area contributed by atoms with Crippen molar-refractivity contribution in [2.24, 2.45) is 0 Å². The quantitative estimate of drug-likeness (QED) is 0.463. The maximum absolute atomic E-state index is 12.8. The van der Waals surface area contributed by atoms with Crippen molar-refractivity contribution in [3.8, 4) is 11.5 Å². The van der Waals surface area contributed by atoms with Gasteiger partial charge in [0, 0.05) is 30.0 Å². The third-order valence-electron chi connectivity index (χ3n) is 5.58. The molecule has 3 aromatic rings. The third-order valence-corrected chi connectivity index (χ3v) is 6.47. The predicted octanol–water partition coefficient (Wildman–Crippen LogP) is 5.95. The summed E-state index contributed by atoms with van der Waals surface area (Å²) in [5.74, 6) is 1.33. The van der Waals surface area contributed by atoms with Crippen LogP contribution in [-0.2, 0) is 11.2 Å². The second-order valence-electron chi connectivity index (χ2n) is 9.04. The van der Waals surface area contributed by atoms with Gasteiger partial charge in [-0.3, -0.25) is 4.79 Å². The van der Waals surface area contributed by atoms with E-state index in [0.717, 1.165) is 42.6 Å². The van der Waals surface area contributed by atoms with E-state index in [1.54, 1.807) is 0 Å². The minimum atomic E-state index is 0.109. The average Bonchev–Trinajstić information content (AvgIpc) is 3.27. The lowest BCUT2D eigenvalue weighted by Crippen LogP contribution is -2.35. The fourth-order valence-corrected chi connectivity index (χ4v) is 4.42. The van der Waals surface area contributed by atoms with Crippen molar-refractivity contribution in [1.82, 2.24) is 15.1 Å². The van der Waals surface area contributed by atoms with Gasteiger partial charge in [0.1, 0.15) is 0 Å². The summed E-state index contributed by atoms with van der Waals surface area (Å²) >= 11 is 1.49. The highest BCUT2D eigenvalue weighted by molar-refractivity contribution is 7.98. The maximum Gasteiger partial charge on any atom is 0.277 e. The molecule has 0 N–H and O–H groups in total. The van der Waals surface area contributed by atoms with Crippen LogP contribution in [0.15, 0.2) is 58.2 Å². The first kappa shape index (κ1) is 21.6. The molecule has 1 amide bonds. The molecule has 4 rings (SSSR count). The van der Waals surface area contributed by atoms with Gasteiger partial charge in [-0.2, -0.15) is 0 Å². The minimum Gasteiger partial charge on any atom is -0.411 e. The number of nitrogens with zero attached hydrogens (tertiary/aromatic N) is 3. The fraction of sp³-hybridized carbons (Fsp3) is 0.400. The molecule has 0 spiro atoms. The van der Waals surface area contributed by atoms with E-state index >= 15 is 0 Å². The summed E-state index contributed by atoms with van der Waals surface area (Å²) in [5.41, 5.74) is 4.12. The van der Waals surface area contributed by atoms with Gasteiger partial charge in [0.2, 0.25) is 5.89 Å². The summed E-state index contributed by atoms with van der Waals surface area (Å²) in [5, 5.41) is 8.91. The second-order valence-corrected chi connectivity index (χ2v) is 9.97. The monoisotopic (exact) mass is 435 g/mol. The summed E-state index contributed by atoms with van der Waals surface area (Å²) in [7, 11) is 0. The number of carbonyl (C=O) groups excluding carboxylic acids is 1. The SMILES string of the molecule is CC(C)(C)c1ccc(-c2nnc(SCc3cccc(C(=O)N4CCCCC4)c3)o2)cc1. The molecule has 1 saturated heterocycles. The molecule has 0 saturated carbocycles. The predicted molar refractivity (Wildman–Crippen MR) is 124 cm³/mol. The molecule has 162 valence electrons. The molecule has 0 bridgehead atoms. The van der Waals surface area contributed by atoms with Crippen LogP contribution in [0.1, 0.15) is 61.5 Å². The molecule has 0 radical (unpaired) electrons. The van der Waals surface area contributed by atoms with Crippen molar-refractivity contribution in [3.05, 3.63) is 65.2 Å². The topological polar surface area (TPSA) is 59.2 Å². The van der Waals surface area contributed by atoms with Crippen LogP contribution in [-0.4, -0.2) is 34.1 Å². The van der Waals surface area contributed by atoms with Gasteiger partial charge in [0.05, 0.1) is 0 Å². The van der Waals surface area contributed by atoms with E-state index in [4.69, 9.17) is 4.42 Å². The number of thioether (sulfide) groups is 1. The Morgan fingerprint density at radius 3 is 2.48 bits per heavy atom. The Balaban J connectivity index is 1.39. The molecule has 0 aliphatic carbocycles. The minimum absolute atomic E-state index is 0.109. The molecule has 6 heteroatoms. The van der Waals surface area contributed by atoms with Crippen LogP contribution >= 0.6 is 11.8 Å². The summed E-state index contributed by atoms with van der Waals surface area (Å²) in [6.45, 7) is 8.30. The lowest BCUT2D eigenvalue weighted by Gasteiger charge is -2.26. The van der Waals surface area contributed by atoms with Crippen LogP contribution in [0.3, 0.4) is 0 Å². The van der Waals surface area contributed by atoms with Crippen molar-refractivity contribution in [2.45, 2.75) is 56.4 Å². The van der Waals surface area contributed by atoms with E-state index in [0.29, 0.717) is 16.9 Å². The van der Waals surface area contributed by atoms with Crippen LogP contribution in [0.25, 0.3) is 11.5 Å². The van der Waals surface area contributed by atoms with Crippen LogP contribution in [0.5, 0.6) is 0 Å². The fourth-order valence-electron chi connectivity index (χ4n) is 3.72. The molecule has 2 heterocycles. The summed E-state index contributed by atoms with van der Waals surface area (Å²) < 4.78 is 5.86. The standard InChI is InChI=1S/C25H29N3O2S/c1-25(2,3)21-12-10-19(11-13-21)22-26-27-24(30-22)31-17-18-8-7-9-20(16-18)23(29)28-14-5-4-6-15-28/h7-13,16H,4-6,14-15,17H2,1-3H3. The molecule has 1 aromatic heterocycles. The van der Waals surface area contributed by atoms with E-state index in [9.17, 15) is 4.79 Å². The normalized spacial score (nSPS) is 14.6. The van der Waals surface area contributed by atoms with Crippen molar-refractivity contribution in [1.29, 1.82) is 0 Å². The Hall–Kier alpha value is -2.60. The van der Waals surface area contributed by atoms with E-state index in [2.05, 4.69) is 43.1 Å². The Kier molecular flexibility index (Phi) is 6.46. The smallest absolute Gasteiger partial charge is 0.277 e. The number of likely N-dealkylation sites (tertiary alicyclic amines) is 1. The molecule has 5 nitrogen and oxygen atoms in total. The highest BCUT2D eigenvalue weighted by atomic mass is 32.2. The Morgan fingerprint density at radius 2 is 1.77 bits per heavy atom. The molecule has 31 heavy (non-hydrogen) atoms. The zero-order valence-electron chi connectivity index (χ0n) is 18.4. The molecule has 1 aliphatic rings. The average molecular weight is 436 g/mol. The number of piperidine rings is 1. The van der Waals surface area contributed by atoms with E-state index < -0.39 is 0 Å². The van der Waals surface area contributed by atoms with Gasteiger partial charge in [0.25, 0.3) is 11.1 Å². The lowest BCUT2D eigenvalue weighted by molar-refractivity contribution is 0.0724. The van der Waals surface area contributed by atoms with Crippen LogP contribution in [0.4, 0.5) is 0 Å². The van der Waals surface area contributed by atoms with Crippen molar-refractivity contribution in [3.63, 3.8) is 0 Å². The Morgan fingerprint density at radius 1 is 1.03 bits per heavy atom. The maximum atomic E-state index is 12.8. The van der Waals surface area contributed by atoms with Gasteiger partial charge >= 0.3 is 0 Å². The first-order valence-corrected chi connectivity index (χ1v) is 11.8. The molecule has 0 atom stereocenters. The van der Waals surface area contributed by atoms with Gasteiger partial charge in [-0.15, -0.1) is 10.2 Å². The van der Waals surface area contributed by atoms with Crippen molar-refractivity contribution < 1.29 is 9.21 Å². The van der Waals surface area contributed by atoms with Crippen LogP contribution in [0, 0.1) is 0 Å². The molecule has 1 aliphatic heterocycles.